The van der Waals surface area contributed by atoms with Gasteiger partial charge in [-0.05, 0) is 24.5 Å². The Morgan fingerprint density at radius 1 is 1.39 bits per heavy atom. The number of carbonyl (C=O) groups excluding carboxylic acids is 1. The second-order valence-corrected chi connectivity index (χ2v) is 6.26. The lowest BCUT2D eigenvalue weighted by atomic mass is 10.1. The Bertz CT molecular complexity index is 489. The fraction of sp³-hybridized carbons (Fsp3) is 0.588. The average Bonchev–Trinajstić information content (AvgIpc) is 3.05. The van der Waals surface area contributed by atoms with E-state index in [1.807, 2.05) is 29.2 Å². The van der Waals surface area contributed by atoms with Gasteiger partial charge in [-0.3, -0.25) is 4.79 Å². The van der Waals surface area contributed by atoms with E-state index >= 15 is 0 Å². The molecule has 1 aromatic carbocycles. The maximum Gasteiger partial charge on any atom is 0.225 e. The van der Waals surface area contributed by atoms with Crippen molar-refractivity contribution in [3.63, 3.8) is 0 Å². The Labute approximate surface area is 149 Å². The summed E-state index contributed by atoms with van der Waals surface area (Å²) in [4.78, 5) is 14.7. The molecule has 0 aliphatic heterocycles. The number of hydrogen-bond donors (Lipinski definition) is 1. The predicted molar refractivity (Wildman–Crippen MR) is 96.0 cm³/mol. The first kappa shape index (κ1) is 20.2. The highest BCUT2D eigenvalue weighted by Gasteiger charge is 2.28. The molecule has 0 aromatic heterocycles. The van der Waals surface area contributed by atoms with Crippen LogP contribution in [0.25, 0.3) is 0 Å². The summed E-state index contributed by atoms with van der Waals surface area (Å²) in [6.45, 7) is 0.914. The van der Waals surface area contributed by atoms with Crippen LogP contribution in [0.4, 0.5) is 0 Å². The second kappa shape index (κ2) is 10.1. The molecule has 2 rings (SSSR count). The van der Waals surface area contributed by atoms with Crippen molar-refractivity contribution in [1.29, 1.82) is 0 Å². The second-order valence-electron chi connectivity index (χ2n) is 5.85. The van der Waals surface area contributed by atoms with E-state index in [0.29, 0.717) is 30.6 Å². The number of nitrogens with two attached hydrogens (primary N) is 1. The molecule has 1 amide bonds. The molecule has 0 heterocycles. The van der Waals surface area contributed by atoms with E-state index in [9.17, 15) is 4.79 Å². The minimum absolute atomic E-state index is 0. The Balaban J connectivity index is 0.00000264. The molecule has 0 radical (unpaired) electrons. The summed E-state index contributed by atoms with van der Waals surface area (Å²) < 4.78 is 5.26. The van der Waals surface area contributed by atoms with Gasteiger partial charge >= 0.3 is 0 Å². The van der Waals surface area contributed by atoms with Gasteiger partial charge in [-0.25, -0.2) is 0 Å². The molecule has 1 aliphatic carbocycles. The Kier molecular flexibility index (Phi) is 8.92. The van der Waals surface area contributed by atoms with Gasteiger partial charge < -0.3 is 15.4 Å². The number of halogens is 2. The molecule has 23 heavy (non-hydrogen) atoms. The van der Waals surface area contributed by atoms with Gasteiger partial charge in [0.2, 0.25) is 5.91 Å². The van der Waals surface area contributed by atoms with Crippen LogP contribution < -0.4 is 5.73 Å². The lowest BCUT2D eigenvalue weighted by molar-refractivity contribution is -0.136. The van der Waals surface area contributed by atoms with Crippen LogP contribution in [0, 0.1) is 0 Å². The van der Waals surface area contributed by atoms with Crippen molar-refractivity contribution in [2.45, 2.75) is 50.8 Å². The van der Waals surface area contributed by atoms with Crippen molar-refractivity contribution < 1.29 is 9.53 Å². The van der Waals surface area contributed by atoms with E-state index in [-0.39, 0.29) is 24.4 Å². The van der Waals surface area contributed by atoms with E-state index in [2.05, 4.69) is 0 Å². The smallest absolute Gasteiger partial charge is 0.225 e. The summed E-state index contributed by atoms with van der Waals surface area (Å²) in [5.74, 6) is 0.101. The van der Waals surface area contributed by atoms with Crippen LogP contribution in [0.5, 0.6) is 0 Å². The van der Waals surface area contributed by atoms with E-state index in [1.165, 1.54) is 12.8 Å². The Morgan fingerprint density at radius 3 is 2.61 bits per heavy atom. The first-order chi connectivity index (χ1) is 10.7. The fourth-order valence-corrected chi connectivity index (χ4v) is 3.22. The minimum Gasteiger partial charge on any atom is -0.380 e. The average molecular weight is 361 g/mol. The number of amides is 1. The number of methoxy groups -OCH3 is 1. The molecular weight excluding hydrogens is 335 g/mol. The van der Waals surface area contributed by atoms with Crippen LogP contribution in [0.1, 0.15) is 37.7 Å². The minimum atomic E-state index is -0.220. The van der Waals surface area contributed by atoms with E-state index in [0.717, 1.165) is 18.4 Å². The van der Waals surface area contributed by atoms with Crippen molar-refractivity contribution in [3.8, 4) is 0 Å². The molecule has 0 bridgehead atoms. The lowest BCUT2D eigenvalue weighted by Crippen LogP contribution is -2.41. The highest BCUT2D eigenvalue weighted by atomic mass is 35.5. The molecule has 1 aliphatic rings. The van der Waals surface area contributed by atoms with Crippen LogP contribution in [0.2, 0.25) is 5.02 Å². The highest BCUT2D eigenvalue weighted by Crippen LogP contribution is 2.27. The van der Waals surface area contributed by atoms with Gasteiger partial charge in [-0.15, -0.1) is 12.4 Å². The van der Waals surface area contributed by atoms with Crippen LogP contribution in [-0.2, 0) is 16.1 Å². The maximum absolute atomic E-state index is 12.7. The zero-order valence-electron chi connectivity index (χ0n) is 13.5. The highest BCUT2D eigenvalue weighted by molar-refractivity contribution is 6.31. The van der Waals surface area contributed by atoms with Crippen molar-refractivity contribution in [3.05, 3.63) is 34.9 Å². The van der Waals surface area contributed by atoms with Crippen LogP contribution in [0.15, 0.2) is 24.3 Å². The molecule has 6 heteroatoms. The molecule has 0 spiro atoms. The largest absolute Gasteiger partial charge is 0.380 e. The first-order valence-corrected chi connectivity index (χ1v) is 8.29. The number of nitrogens with zero attached hydrogens (tertiary/aromatic N) is 1. The molecule has 0 saturated heterocycles. The molecule has 4 nitrogen and oxygen atoms in total. The van der Waals surface area contributed by atoms with Gasteiger partial charge in [0.05, 0.1) is 12.5 Å². The molecule has 1 fully saturated rings. The van der Waals surface area contributed by atoms with Crippen LogP contribution in [-0.4, -0.2) is 36.6 Å². The number of rotatable bonds is 7. The summed E-state index contributed by atoms with van der Waals surface area (Å²) in [6, 6.07) is 8.01. The number of benzene rings is 1. The molecule has 130 valence electrons. The van der Waals surface area contributed by atoms with E-state index in [1.54, 1.807) is 7.11 Å². The van der Waals surface area contributed by atoms with Gasteiger partial charge in [0, 0.05) is 31.3 Å². The van der Waals surface area contributed by atoms with Gasteiger partial charge in [0.15, 0.2) is 0 Å². The summed E-state index contributed by atoms with van der Waals surface area (Å²) in [5.41, 5.74) is 6.64. The fourth-order valence-electron chi connectivity index (χ4n) is 3.02. The topological polar surface area (TPSA) is 55.6 Å². The molecule has 1 saturated carbocycles. The Morgan fingerprint density at radius 2 is 2.04 bits per heavy atom. The summed E-state index contributed by atoms with van der Waals surface area (Å²) in [5, 5.41) is 0.709. The third kappa shape index (κ3) is 5.64. The molecule has 1 atom stereocenters. The Hall–Kier alpha value is -0.810. The quantitative estimate of drug-likeness (QED) is 0.810. The zero-order chi connectivity index (χ0) is 15.9. The summed E-state index contributed by atoms with van der Waals surface area (Å²) in [7, 11) is 1.60. The van der Waals surface area contributed by atoms with Crippen molar-refractivity contribution >= 4 is 29.9 Å². The molecular formula is C17H26Cl2N2O2. The molecule has 1 unspecified atom stereocenters. The summed E-state index contributed by atoms with van der Waals surface area (Å²) >= 11 is 6.26. The lowest BCUT2D eigenvalue weighted by Gasteiger charge is -2.30. The van der Waals surface area contributed by atoms with Gasteiger partial charge in [-0.1, -0.05) is 42.6 Å². The van der Waals surface area contributed by atoms with Crippen molar-refractivity contribution in [1.82, 2.24) is 4.90 Å². The molecule has 1 aromatic rings. The maximum atomic E-state index is 12.7. The van der Waals surface area contributed by atoms with Gasteiger partial charge in [0.25, 0.3) is 0 Å². The van der Waals surface area contributed by atoms with Crippen LogP contribution in [0.3, 0.4) is 0 Å². The number of carbonyl (C=O) groups is 1. The van der Waals surface area contributed by atoms with Gasteiger partial charge in [0.1, 0.15) is 0 Å². The van der Waals surface area contributed by atoms with Crippen molar-refractivity contribution in [2.75, 3.05) is 13.7 Å². The normalized spacial score (nSPS) is 16.0. The molecule has 2 N–H and O–H groups in total. The van der Waals surface area contributed by atoms with Crippen molar-refractivity contribution in [2.24, 2.45) is 5.73 Å². The monoisotopic (exact) mass is 360 g/mol. The van der Waals surface area contributed by atoms with Crippen LogP contribution >= 0.6 is 24.0 Å². The van der Waals surface area contributed by atoms with E-state index in [4.69, 9.17) is 22.1 Å². The number of ether oxygens (including phenoxy) is 1. The standard InChI is InChI=1S/C17H25ClN2O2.ClH/c1-22-15(11-19)10-17(21)20(14-7-3-4-8-14)12-13-6-2-5-9-16(13)18;/h2,5-6,9,14-15H,3-4,7-8,10-12,19H2,1H3;1H. The first-order valence-electron chi connectivity index (χ1n) is 7.91. The third-order valence-electron chi connectivity index (χ3n) is 4.38. The predicted octanol–water partition coefficient (Wildman–Crippen LogP) is 3.40. The zero-order valence-corrected chi connectivity index (χ0v) is 15.1. The summed E-state index contributed by atoms with van der Waals surface area (Å²) in [6.07, 6.45) is 4.60. The third-order valence-corrected chi connectivity index (χ3v) is 4.75. The SMILES string of the molecule is COC(CN)CC(=O)N(Cc1ccccc1Cl)C1CCCC1.Cl. The van der Waals surface area contributed by atoms with Gasteiger partial charge in [-0.2, -0.15) is 0 Å². The van der Waals surface area contributed by atoms with E-state index < -0.39 is 0 Å². The number of hydrogen-bond acceptors (Lipinski definition) is 3.